The lowest BCUT2D eigenvalue weighted by atomic mass is 10.0. The third-order valence-electron chi connectivity index (χ3n) is 13.4. The predicted molar refractivity (Wildman–Crippen MR) is 269 cm³/mol. The first-order valence-corrected chi connectivity index (χ1v) is 28.3. The van der Waals surface area contributed by atoms with Crippen LogP contribution in [0.1, 0.15) is 322 Å². The molecule has 0 aliphatic heterocycles. The van der Waals surface area contributed by atoms with Crippen molar-refractivity contribution >= 4 is 11.9 Å². The second kappa shape index (κ2) is 52.5. The molecule has 0 saturated carbocycles. The van der Waals surface area contributed by atoms with Gasteiger partial charge in [0.25, 0.3) is 0 Å². The molecule has 370 valence electrons. The van der Waals surface area contributed by atoms with E-state index < -0.39 is 12.1 Å². The third-order valence-corrected chi connectivity index (χ3v) is 13.4. The second-order valence-corrected chi connectivity index (χ2v) is 19.6. The Bertz CT molecular complexity index is 882. The van der Waals surface area contributed by atoms with Crippen molar-refractivity contribution < 1.29 is 24.5 Å². The minimum absolute atomic E-state index is 0.00818. The van der Waals surface area contributed by atoms with Crippen LogP contribution in [0.4, 0.5) is 0 Å². The van der Waals surface area contributed by atoms with Crippen LogP contribution in [0.2, 0.25) is 0 Å². The monoisotopic (exact) mass is 878 g/mol. The summed E-state index contributed by atoms with van der Waals surface area (Å²) in [6, 6.07) is -0.554. The summed E-state index contributed by atoms with van der Waals surface area (Å²) in [7, 11) is 0. The van der Waals surface area contributed by atoms with Gasteiger partial charge in [0.15, 0.2) is 0 Å². The van der Waals surface area contributed by atoms with Crippen LogP contribution in [0.5, 0.6) is 0 Å². The van der Waals surface area contributed by atoms with Crippen molar-refractivity contribution in [1.29, 1.82) is 0 Å². The summed E-state index contributed by atoms with van der Waals surface area (Å²) < 4.78 is 5.48. The van der Waals surface area contributed by atoms with Gasteiger partial charge >= 0.3 is 5.97 Å². The largest absolute Gasteiger partial charge is 0.466 e. The maximum atomic E-state index is 12.5. The molecule has 6 nitrogen and oxygen atoms in total. The molecule has 2 atom stereocenters. The fourth-order valence-corrected chi connectivity index (χ4v) is 9.05. The summed E-state index contributed by atoms with van der Waals surface area (Å²) in [5.41, 5.74) is 0. The smallest absolute Gasteiger partial charge is 0.305 e. The molecule has 0 heterocycles. The average Bonchev–Trinajstić information content (AvgIpc) is 3.27. The number of unbranched alkanes of at least 4 members (excludes halogenated alkanes) is 42. The van der Waals surface area contributed by atoms with E-state index in [2.05, 4.69) is 19.2 Å². The number of esters is 1. The number of rotatable bonds is 53. The fraction of sp³-hybridized carbons (Fsp3) is 0.964. The van der Waals surface area contributed by atoms with E-state index in [0.29, 0.717) is 25.9 Å². The lowest BCUT2D eigenvalue weighted by Gasteiger charge is -2.22. The molecule has 0 aliphatic rings. The normalized spacial score (nSPS) is 12.5. The number of hydrogen-bond acceptors (Lipinski definition) is 5. The Hall–Kier alpha value is -1.14. The highest BCUT2D eigenvalue weighted by molar-refractivity contribution is 5.76. The number of aliphatic hydroxyl groups is 2. The topological polar surface area (TPSA) is 95.9 Å². The van der Waals surface area contributed by atoms with E-state index in [1.54, 1.807) is 0 Å². The van der Waals surface area contributed by atoms with Crippen LogP contribution in [0, 0.1) is 0 Å². The number of carbonyl (C=O) groups is 2. The Labute approximate surface area is 387 Å². The molecule has 62 heavy (non-hydrogen) atoms. The highest BCUT2D eigenvalue weighted by atomic mass is 16.5. The number of hydrogen-bond donors (Lipinski definition) is 3. The summed E-state index contributed by atoms with van der Waals surface area (Å²) in [5, 5.41) is 23.3. The van der Waals surface area contributed by atoms with Crippen LogP contribution >= 0.6 is 0 Å². The minimum Gasteiger partial charge on any atom is -0.466 e. The molecule has 0 aromatic carbocycles. The molecule has 0 fully saturated rings. The van der Waals surface area contributed by atoms with Crippen LogP contribution in [0.3, 0.4) is 0 Å². The molecule has 0 aliphatic carbocycles. The first kappa shape index (κ1) is 60.9. The lowest BCUT2D eigenvalue weighted by molar-refractivity contribution is -0.143. The third kappa shape index (κ3) is 48.3. The predicted octanol–water partition coefficient (Wildman–Crippen LogP) is 17.1. The van der Waals surface area contributed by atoms with Crippen LogP contribution < -0.4 is 5.32 Å². The number of aliphatic hydroxyl groups excluding tert-OH is 2. The van der Waals surface area contributed by atoms with Gasteiger partial charge in [0.2, 0.25) is 5.91 Å². The molecular formula is C56H111NO5. The first-order valence-electron chi connectivity index (χ1n) is 28.3. The first-order chi connectivity index (χ1) is 30.5. The van der Waals surface area contributed by atoms with Gasteiger partial charge in [0, 0.05) is 12.8 Å². The van der Waals surface area contributed by atoms with Gasteiger partial charge in [-0.1, -0.05) is 284 Å². The fourth-order valence-electron chi connectivity index (χ4n) is 9.05. The SMILES string of the molecule is CCCCCCCCCCCCCCCCCCCCC(=O)OCCCCCCCCCCCCCC(=O)NC(CO)C(O)CCCCCCCCCCCCCCCCCC. The van der Waals surface area contributed by atoms with E-state index in [-0.39, 0.29) is 18.5 Å². The van der Waals surface area contributed by atoms with Gasteiger partial charge in [0.1, 0.15) is 0 Å². The Morgan fingerprint density at radius 2 is 0.661 bits per heavy atom. The van der Waals surface area contributed by atoms with Crippen molar-refractivity contribution in [2.45, 2.75) is 334 Å². The standard InChI is InChI=1S/C56H111NO5/c1-3-5-7-9-11-13-15-17-19-21-22-24-26-30-34-38-42-46-50-56(61)62-51-47-43-39-35-31-27-29-33-37-41-45-49-55(60)57-53(52-58)54(59)48-44-40-36-32-28-25-23-20-18-16-14-12-10-8-6-4-2/h53-54,58-59H,3-52H2,1-2H3,(H,57,60). The van der Waals surface area contributed by atoms with Gasteiger partial charge in [-0.3, -0.25) is 9.59 Å². The second-order valence-electron chi connectivity index (χ2n) is 19.6. The van der Waals surface area contributed by atoms with E-state index in [1.807, 2.05) is 0 Å². The van der Waals surface area contributed by atoms with E-state index >= 15 is 0 Å². The van der Waals surface area contributed by atoms with E-state index in [0.717, 1.165) is 57.8 Å². The maximum absolute atomic E-state index is 12.5. The molecular weight excluding hydrogens is 767 g/mol. The zero-order chi connectivity index (χ0) is 45.1. The van der Waals surface area contributed by atoms with Crippen LogP contribution in [0.15, 0.2) is 0 Å². The Kier molecular flexibility index (Phi) is 51.5. The van der Waals surface area contributed by atoms with Gasteiger partial charge in [-0.15, -0.1) is 0 Å². The van der Waals surface area contributed by atoms with E-state index in [1.165, 1.54) is 231 Å². The number of amides is 1. The number of nitrogens with one attached hydrogen (secondary N) is 1. The van der Waals surface area contributed by atoms with E-state index in [9.17, 15) is 19.8 Å². The Balaban J connectivity index is 3.43. The molecule has 6 heteroatoms. The molecule has 0 rings (SSSR count). The van der Waals surface area contributed by atoms with Crippen molar-refractivity contribution in [3.8, 4) is 0 Å². The zero-order valence-corrected chi connectivity index (χ0v) is 42.1. The highest BCUT2D eigenvalue weighted by Gasteiger charge is 2.20. The van der Waals surface area contributed by atoms with Crippen LogP contribution in [0.25, 0.3) is 0 Å². The van der Waals surface area contributed by atoms with Crippen LogP contribution in [-0.2, 0) is 14.3 Å². The molecule has 0 bridgehead atoms. The van der Waals surface area contributed by atoms with E-state index in [4.69, 9.17) is 4.74 Å². The summed E-state index contributed by atoms with van der Waals surface area (Å²) in [6.07, 6.45) is 59.4. The lowest BCUT2D eigenvalue weighted by Crippen LogP contribution is -2.45. The van der Waals surface area contributed by atoms with Crippen molar-refractivity contribution in [1.82, 2.24) is 5.32 Å². The molecule has 0 radical (unpaired) electrons. The zero-order valence-electron chi connectivity index (χ0n) is 42.1. The average molecular weight is 879 g/mol. The van der Waals surface area contributed by atoms with Gasteiger partial charge in [0.05, 0.1) is 25.4 Å². The molecule has 0 aromatic rings. The maximum Gasteiger partial charge on any atom is 0.305 e. The summed E-state index contributed by atoms with van der Waals surface area (Å²) in [4.78, 5) is 24.6. The number of ether oxygens (including phenoxy) is 1. The number of carbonyl (C=O) groups excluding carboxylic acids is 2. The van der Waals surface area contributed by atoms with Gasteiger partial charge < -0.3 is 20.3 Å². The molecule has 1 amide bonds. The van der Waals surface area contributed by atoms with Crippen molar-refractivity contribution in [3.63, 3.8) is 0 Å². The van der Waals surface area contributed by atoms with Gasteiger partial charge in [-0.05, 0) is 25.7 Å². The summed E-state index contributed by atoms with van der Waals surface area (Å²) in [6.45, 7) is 4.94. The Morgan fingerprint density at radius 3 is 0.984 bits per heavy atom. The van der Waals surface area contributed by atoms with Crippen molar-refractivity contribution in [2.75, 3.05) is 13.2 Å². The molecule has 3 N–H and O–H groups in total. The van der Waals surface area contributed by atoms with Crippen LogP contribution in [-0.4, -0.2) is 47.4 Å². The summed E-state index contributed by atoms with van der Waals surface area (Å²) in [5.74, 6) is -0.0586. The van der Waals surface area contributed by atoms with Crippen molar-refractivity contribution in [3.05, 3.63) is 0 Å². The molecule has 0 aromatic heterocycles. The Morgan fingerprint density at radius 1 is 0.387 bits per heavy atom. The molecule has 2 unspecified atom stereocenters. The molecule has 0 spiro atoms. The minimum atomic E-state index is -0.675. The highest BCUT2D eigenvalue weighted by Crippen LogP contribution is 2.18. The molecule has 0 saturated heterocycles. The van der Waals surface area contributed by atoms with Gasteiger partial charge in [-0.25, -0.2) is 0 Å². The summed E-state index contributed by atoms with van der Waals surface area (Å²) >= 11 is 0. The van der Waals surface area contributed by atoms with Crippen molar-refractivity contribution in [2.24, 2.45) is 0 Å². The van der Waals surface area contributed by atoms with Gasteiger partial charge in [-0.2, -0.15) is 0 Å². The quantitative estimate of drug-likeness (QED) is 0.0418.